The minimum absolute atomic E-state index is 0.145. The highest BCUT2D eigenvalue weighted by Gasteiger charge is 2.70. The van der Waals surface area contributed by atoms with Gasteiger partial charge in [0, 0.05) is 15.8 Å². The van der Waals surface area contributed by atoms with Gasteiger partial charge in [0.05, 0.1) is 35.4 Å². The molecule has 1 aromatic heterocycles. The summed E-state index contributed by atoms with van der Waals surface area (Å²) in [5, 5.41) is 12.4. The van der Waals surface area contributed by atoms with Crippen molar-refractivity contribution < 1.29 is 28.7 Å². The first-order chi connectivity index (χ1) is 22.7. The van der Waals surface area contributed by atoms with Crippen LogP contribution in [0.3, 0.4) is 0 Å². The molecule has 3 heterocycles. The number of fused-ring (bicyclic) bond motifs is 4. The molecule has 0 bridgehead atoms. The van der Waals surface area contributed by atoms with Crippen molar-refractivity contribution >= 4 is 52.3 Å². The number of nitrogens with zero attached hydrogens (tertiary/aromatic N) is 2. The van der Waals surface area contributed by atoms with E-state index in [0.717, 1.165) is 10.5 Å². The summed E-state index contributed by atoms with van der Waals surface area (Å²) >= 11 is 7.80. The molecule has 236 valence electrons. The number of thiophene rings is 1. The van der Waals surface area contributed by atoms with Crippen molar-refractivity contribution in [3.63, 3.8) is 0 Å². The minimum atomic E-state index is -1.51. The molecule has 2 aliphatic heterocycles. The van der Waals surface area contributed by atoms with Crippen molar-refractivity contribution in [3.8, 4) is 5.75 Å². The van der Waals surface area contributed by atoms with E-state index in [-0.39, 0.29) is 31.2 Å². The number of benzene rings is 3. The molecule has 6 unspecified atom stereocenters. The maximum Gasteiger partial charge on any atom is 0.246 e. The second-order valence-electron chi connectivity index (χ2n) is 12.6. The van der Waals surface area contributed by atoms with Crippen LogP contribution in [0.4, 0.5) is 10.1 Å². The Hall–Kier alpha value is -4.60. The molecule has 6 atom stereocenters. The molecule has 3 aromatic carbocycles. The van der Waals surface area contributed by atoms with Crippen molar-refractivity contribution in [1.82, 2.24) is 4.90 Å². The third-order valence-corrected chi connectivity index (χ3v) is 11.6. The number of carbonyl (C=O) groups is 4. The zero-order valence-corrected chi connectivity index (χ0v) is 26.5. The molecule has 2 saturated heterocycles. The van der Waals surface area contributed by atoms with Crippen LogP contribution in [0.15, 0.2) is 102 Å². The van der Waals surface area contributed by atoms with Crippen molar-refractivity contribution in [2.75, 3.05) is 4.90 Å². The molecule has 0 radical (unpaired) electrons. The Morgan fingerprint density at radius 2 is 1.70 bits per heavy atom. The molecule has 4 aromatic rings. The fourth-order valence-electron chi connectivity index (χ4n) is 8.60. The van der Waals surface area contributed by atoms with E-state index in [4.69, 9.17) is 11.6 Å². The number of anilines is 1. The normalized spacial score (nSPS) is 28.3. The van der Waals surface area contributed by atoms with Gasteiger partial charge in [-0.1, -0.05) is 71.8 Å². The highest BCUT2D eigenvalue weighted by atomic mass is 35.5. The van der Waals surface area contributed by atoms with Gasteiger partial charge in [-0.25, -0.2) is 9.29 Å². The van der Waals surface area contributed by atoms with Gasteiger partial charge >= 0.3 is 0 Å². The Labute approximate surface area is 278 Å². The first-order valence-electron chi connectivity index (χ1n) is 15.5. The molecular formula is C37H28ClFN2O5S. The number of rotatable bonds is 5. The first-order valence-corrected chi connectivity index (χ1v) is 16.7. The van der Waals surface area contributed by atoms with Crippen molar-refractivity contribution in [2.45, 2.75) is 30.7 Å². The lowest BCUT2D eigenvalue weighted by Crippen LogP contribution is -2.53. The summed E-state index contributed by atoms with van der Waals surface area (Å²) in [6, 6.07) is 23.4. The van der Waals surface area contributed by atoms with Crippen molar-refractivity contribution in [1.29, 1.82) is 0 Å². The second-order valence-corrected chi connectivity index (χ2v) is 14.1. The van der Waals surface area contributed by atoms with E-state index in [1.165, 1.54) is 33.3 Å². The minimum Gasteiger partial charge on any atom is -0.505 e. The van der Waals surface area contributed by atoms with Crippen LogP contribution in [0.1, 0.15) is 34.8 Å². The van der Waals surface area contributed by atoms with E-state index in [1.807, 2.05) is 41.8 Å². The predicted octanol–water partition coefficient (Wildman–Crippen LogP) is 6.61. The van der Waals surface area contributed by atoms with Crippen molar-refractivity contribution in [3.05, 3.63) is 129 Å². The smallest absolute Gasteiger partial charge is 0.246 e. The zero-order chi connectivity index (χ0) is 32.6. The number of hydrogen-bond acceptors (Lipinski definition) is 6. The number of amides is 4. The molecule has 7 nitrogen and oxygen atoms in total. The summed E-state index contributed by atoms with van der Waals surface area (Å²) in [4.78, 5) is 61.2. The summed E-state index contributed by atoms with van der Waals surface area (Å²) in [5.74, 6) is -6.59. The molecule has 8 rings (SSSR count). The lowest BCUT2D eigenvalue weighted by molar-refractivity contribution is -0.141. The molecule has 1 saturated carbocycles. The molecule has 3 fully saturated rings. The van der Waals surface area contributed by atoms with E-state index in [2.05, 4.69) is 0 Å². The summed E-state index contributed by atoms with van der Waals surface area (Å²) in [5.41, 5.74) is 0.508. The number of halogens is 2. The van der Waals surface area contributed by atoms with E-state index in [9.17, 15) is 19.5 Å². The second kappa shape index (κ2) is 11.0. The number of imide groups is 2. The van der Waals surface area contributed by atoms with Crippen LogP contribution in [0, 0.1) is 29.5 Å². The summed E-state index contributed by atoms with van der Waals surface area (Å²) in [6.07, 6.45) is 2.35. The zero-order valence-electron chi connectivity index (χ0n) is 24.9. The fourth-order valence-corrected chi connectivity index (χ4v) is 9.48. The van der Waals surface area contributed by atoms with E-state index < -0.39 is 58.4 Å². The van der Waals surface area contributed by atoms with Gasteiger partial charge < -0.3 is 5.11 Å². The Kier molecular flexibility index (Phi) is 6.97. The average molecular weight is 667 g/mol. The van der Waals surface area contributed by atoms with Crippen LogP contribution < -0.4 is 4.90 Å². The molecule has 4 amide bonds. The maximum atomic E-state index is 15.2. The van der Waals surface area contributed by atoms with Crippen molar-refractivity contribution in [2.24, 2.45) is 23.7 Å². The maximum absolute atomic E-state index is 15.2. The SMILES string of the molecule is O=C1C2CC=C3C(CC4C(=O)N(c5cccc(Cl)c5)C(=O)C4(c4ccccc4)C3c3ccc(O)c(F)c3)C2C(=O)N1Cc1cccs1. The lowest BCUT2D eigenvalue weighted by atomic mass is 9.49. The highest BCUT2D eigenvalue weighted by molar-refractivity contribution is 7.09. The Bertz CT molecular complexity index is 2000. The average Bonchev–Trinajstić information content (AvgIpc) is 3.74. The Morgan fingerprint density at radius 3 is 2.43 bits per heavy atom. The third kappa shape index (κ3) is 4.29. The van der Waals surface area contributed by atoms with Gasteiger partial charge in [0.15, 0.2) is 11.6 Å². The van der Waals surface area contributed by atoms with Crippen LogP contribution in [0.2, 0.25) is 5.02 Å². The van der Waals surface area contributed by atoms with Gasteiger partial charge in [0.1, 0.15) is 0 Å². The number of aromatic hydroxyl groups is 1. The summed E-state index contributed by atoms with van der Waals surface area (Å²) in [7, 11) is 0. The fraction of sp³-hybridized carbons (Fsp3) is 0.243. The van der Waals surface area contributed by atoms with Gasteiger partial charge in [0.25, 0.3) is 0 Å². The van der Waals surface area contributed by atoms with Crippen LogP contribution in [0.25, 0.3) is 0 Å². The number of hydrogen-bond donors (Lipinski definition) is 1. The highest BCUT2D eigenvalue weighted by Crippen LogP contribution is 2.64. The molecular weight excluding hydrogens is 639 g/mol. The standard InChI is InChI=1S/C37H28ClFN2O5S/c38-22-8-4-9-23(17-22)41-34(44)28-18-27-25(12-13-26-31(27)35(45)40(33(26)43)19-24-10-5-15-47-24)32(20-11-14-30(42)29(39)16-20)37(28,36(41)46)21-6-2-1-3-7-21/h1-12,14-17,26-28,31-32,42H,13,18-19H2. The van der Waals surface area contributed by atoms with Gasteiger partial charge in [-0.15, -0.1) is 11.3 Å². The van der Waals surface area contributed by atoms with E-state index in [1.54, 1.807) is 42.5 Å². The molecule has 47 heavy (non-hydrogen) atoms. The van der Waals surface area contributed by atoms with Crippen LogP contribution in [-0.4, -0.2) is 33.6 Å². The Morgan fingerprint density at radius 1 is 0.894 bits per heavy atom. The van der Waals surface area contributed by atoms with Gasteiger partial charge in [-0.3, -0.25) is 24.1 Å². The van der Waals surface area contributed by atoms with E-state index >= 15 is 9.18 Å². The van der Waals surface area contributed by atoms with Crippen LogP contribution >= 0.6 is 22.9 Å². The molecule has 2 aliphatic carbocycles. The topological polar surface area (TPSA) is 95.0 Å². The molecule has 0 spiro atoms. The van der Waals surface area contributed by atoms with E-state index in [0.29, 0.717) is 21.8 Å². The molecule has 10 heteroatoms. The van der Waals surface area contributed by atoms with Crippen LogP contribution in [-0.2, 0) is 31.1 Å². The third-order valence-electron chi connectivity index (χ3n) is 10.5. The predicted molar refractivity (Wildman–Crippen MR) is 174 cm³/mol. The number of likely N-dealkylation sites (tertiary alicyclic amines) is 1. The number of phenolic OH excluding ortho intramolecular Hbond substituents is 1. The van der Waals surface area contributed by atoms with Gasteiger partial charge in [-0.05, 0) is 71.7 Å². The number of phenols is 1. The quantitative estimate of drug-likeness (QED) is 0.191. The monoisotopic (exact) mass is 666 g/mol. The molecule has 1 N–H and O–H groups in total. The first kappa shape index (κ1) is 29.8. The van der Waals surface area contributed by atoms with Gasteiger partial charge in [0.2, 0.25) is 23.6 Å². The lowest BCUT2D eigenvalue weighted by Gasteiger charge is -2.50. The Balaban J connectivity index is 1.34. The van der Waals surface area contributed by atoms with Gasteiger partial charge in [-0.2, -0.15) is 0 Å². The van der Waals surface area contributed by atoms with Crippen LogP contribution in [0.5, 0.6) is 5.75 Å². The summed E-state index contributed by atoms with van der Waals surface area (Å²) in [6.45, 7) is 0.175. The largest absolute Gasteiger partial charge is 0.505 e. The number of carbonyl (C=O) groups excluding carboxylic acids is 4. The summed E-state index contributed by atoms with van der Waals surface area (Å²) < 4.78 is 15.2. The number of allylic oxidation sites excluding steroid dienone is 2. The molecule has 4 aliphatic rings.